The Bertz CT molecular complexity index is 840. The highest BCUT2D eigenvalue weighted by Crippen LogP contribution is 2.40. The van der Waals surface area contributed by atoms with Gasteiger partial charge in [-0.1, -0.05) is 0 Å². The number of aromatic nitrogens is 4. The molecule has 0 bridgehead atoms. The standard InChI is InChI=1S/C18H23N5OS/c24-16-10-13-4-1-2-6-15(13)20-23(16)11-14-5-3-9-22(14)18-19-17(21-25-18)12-7-8-12/h10,12,14H,1-9,11H2. The second-order valence-electron chi connectivity index (χ2n) is 7.54. The summed E-state index contributed by atoms with van der Waals surface area (Å²) in [6.45, 7) is 1.66. The van der Waals surface area contributed by atoms with Crippen molar-refractivity contribution in [2.75, 3.05) is 11.4 Å². The third kappa shape index (κ3) is 2.99. The zero-order valence-electron chi connectivity index (χ0n) is 14.4. The van der Waals surface area contributed by atoms with E-state index in [1.807, 2.05) is 6.07 Å². The summed E-state index contributed by atoms with van der Waals surface area (Å²) in [5.74, 6) is 1.62. The number of anilines is 1. The highest BCUT2D eigenvalue weighted by atomic mass is 32.1. The molecule has 2 aromatic heterocycles. The van der Waals surface area contributed by atoms with Crippen LogP contribution in [0, 0.1) is 0 Å². The zero-order valence-corrected chi connectivity index (χ0v) is 15.2. The molecule has 0 radical (unpaired) electrons. The molecule has 7 heteroatoms. The van der Waals surface area contributed by atoms with Gasteiger partial charge in [0.2, 0.25) is 5.13 Å². The Labute approximate surface area is 151 Å². The van der Waals surface area contributed by atoms with E-state index in [0.29, 0.717) is 18.5 Å². The van der Waals surface area contributed by atoms with Crippen LogP contribution in [0.4, 0.5) is 5.13 Å². The summed E-state index contributed by atoms with van der Waals surface area (Å²) >= 11 is 1.51. The fourth-order valence-electron chi connectivity index (χ4n) is 4.06. The van der Waals surface area contributed by atoms with Crippen molar-refractivity contribution in [3.05, 3.63) is 33.5 Å². The molecule has 25 heavy (non-hydrogen) atoms. The van der Waals surface area contributed by atoms with Crippen molar-refractivity contribution in [3.63, 3.8) is 0 Å². The van der Waals surface area contributed by atoms with Gasteiger partial charge in [-0.25, -0.2) is 9.67 Å². The van der Waals surface area contributed by atoms with E-state index >= 15 is 0 Å². The van der Waals surface area contributed by atoms with E-state index < -0.39 is 0 Å². The van der Waals surface area contributed by atoms with Crippen molar-refractivity contribution >= 4 is 16.7 Å². The average Bonchev–Trinajstić information content (AvgIpc) is 3.17. The van der Waals surface area contributed by atoms with Gasteiger partial charge in [0.1, 0.15) is 5.82 Å². The number of hydrogen-bond donors (Lipinski definition) is 0. The van der Waals surface area contributed by atoms with Crippen molar-refractivity contribution in [3.8, 4) is 0 Å². The molecule has 2 aromatic rings. The predicted octanol–water partition coefficient (Wildman–Crippen LogP) is 2.52. The van der Waals surface area contributed by atoms with E-state index in [0.717, 1.165) is 54.4 Å². The van der Waals surface area contributed by atoms with Gasteiger partial charge in [0.25, 0.3) is 5.56 Å². The number of nitrogens with zero attached hydrogens (tertiary/aromatic N) is 5. The highest BCUT2D eigenvalue weighted by Gasteiger charge is 2.32. The molecule has 6 nitrogen and oxygen atoms in total. The van der Waals surface area contributed by atoms with Gasteiger partial charge in [0.05, 0.1) is 18.3 Å². The van der Waals surface area contributed by atoms with Crippen LogP contribution in [0.5, 0.6) is 0 Å². The minimum atomic E-state index is 0.0448. The van der Waals surface area contributed by atoms with Crippen LogP contribution in [-0.2, 0) is 19.4 Å². The maximum Gasteiger partial charge on any atom is 0.267 e. The summed E-state index contributed by atoms with van der Waals surface area (Å²) < 4.78 is 6.23. The Morgan fingerprint density at radius 1 is 1.16 bits per heavy atom. The van der Waals surface area contributed by atoms with Crippen LogP contribution in [0.2, 0.25) is 0 Å². The Kier molecular flexibility index (Phi) is 3.84. The van der Waals surface area contributed by atoms with Crippen LogP contribution in [0.3, 0.4) is 0 Å². The summed E-state index contributed by atoms with van der Waals surface area (Å²) in [4.78, 5) is 19.6. The second kappa shape index (κ2) is 6.20. The number of aryl methyl sites for hydroxylation is 2. The van der Waals surface area contributed by atoms with Crippen LogP contribution in [0.25, 0.3) is 0 Å². The first-order valence-electron chi connectivity index (χ1n) is 9.48. The van der Waals surface area contributed by atoms with Crippen molar-refractivity contribution in [1.29, 1.82) is 0 Å². The summed E-state index contributed by atoms with van der Waals surface area (Å²) in [5.41, 5.74) is 2.33. The van der Waals surface area contributed by atoms with Crippen LogP contribution >= 0.6 is 11.5 Å². The first-order valence-corrected chi connectivity index (χ1v) is 10.3. The first kappa shape index (κ1) is 15.5. The van der Waals surface area contributed by atoms with Crippen LogP contribution in [0.1, 0.15) is 61.5 Å². The molecule has 0 aromatic carbocycles. The van der Waals surface area contributed by atoms with E-state index in [4.69, 9.17) is 10.1 Å². The lowest BCUT2D eigenvalue weighted by Crippen LogP contribution is -2.37. The molecule has 2 fully saturated rings. The third-order valence-electron chi connectivity index (χ3n) is 5.65. The fraction of sp³-hybridized carbons (Fsp3) is 0.667. The smallest absolute Gasteiger partial charge is 0.267 e. The van der Waals surface area contributed by atoms with Crippen molar-refractivity contribution in [2.45, 2.75) is 69.9 Å². The molecule has 3 aliphatic rings. The molecule has 2 aliphatic carbocycles. The van der Waals surface area contributed by atoms with Crippen molar-refractivity contribution in [2.24, 2.45) is 0 Å². The summed E-state index contributed by atoms with van der Waals surface area (Å²) in [5, 5.41) is 5.72. The van der Waals surface area contributed by atoms with E-state index in [1.54, 1.807) is 4.68 Å². The number of hydrogen-bond acceptors (Lipinski definition) is 6. The van der Waals surface area contributed by atoms with Crippen molar-refractivity contribution in [1.82, 2.24) is 19.1 Å². The minimum Gasteiger partial charge on any atom is -0.342 e. The zero-order chi connectivity index (χ0) is 16.8. The Morgan fingerprint density at radius 3 is 2.92 bits per heavy atom. The average molecular weight is 357 g/mol. The predicted molar refractivity (Wildman–Crippen MR) is 97.4 cm³/mol. The van der Waals surface area contributed by atoms with Crippen LogP contribution < -0.4 is 10.5 Å². The molecule has 1 saturated heterocycles. The van der Waals surface area contributed by atoms with Gasteiger partial charge in [-0.3, -0.25) is 4.79 Å². The molecule has 0 N–H and O–H groups in total. The second-order valence-corrected chi connectivity index (χ2v) is 8.27. The molecule has 3 heterocycles. The molecule has 0 amide bonds. The largest absolute Gasteiger partial charge is 0.342 e. The topological polar surface area (TPSA) is 63.9 Å². The van der Waals surface area contributed by atoms with Gasteiger partial charge >= 0.3 is 0 Å². The molecular weight excluding hydrogens is 334 g/mol. The Hall–Kier alpha value is -1.76. The Morgan fingerprint density at radius 2 is 2.04 bits per heavy atom. The molecule has 1 aliphatic heterocycles. The van der Waals surface area contributed by atoms with Gasteiger partial charge in [0.15, 0.2) is 0 Å². The fourth-order valence-corrected chi connectivity index (χ4v) is 4.90. The molecule has 1 saturated carbocycles. The number of fused-ring (bicyclic) bond motifs is 1. The van der Waals surface area contributed by atoms with Crippen molar-refractivity contribution < 1.29 is 0 Å². The van der Waals surface area contributed by atoms with Gasteiger partial charge < -0.3 is 4.90 Å². The monoisotopic (exact) mass is 357 g/mol. The van der Waals surface area contributed by atoms with E-state index in [9.17, 15) is 4.79 Å². The normalized spacial score (nSPS) is 23.0. The maximum atomic E-state index is 12.5. The summed E-state index contributed by atoms with van der Waals surface area (Å²) in [6.07, 6.45) is 9.06. The molecule has 5 rings (SSSR count). The maximum absolute atomic E-state index is 12.5. The third-order valence-corrected chi connectivity index (χ3v) is 6.42. The highest BCUT2D eigenvalue weighted by molar-refractivity contribution is 7.09. The first-order chi connectivity index (χ1) is 12.3. The minimum absolute atomic E-state index is 0.0448. The molecular formula is C18H23N5OS. The van der Waals surface area contributed by atoms with E-state index in [-0.39, 0.29) is 5.56 Å². The SMILES string of the molecule is O=c1cc2c(nn1CC1CCCN1c1nc(C3CC3)ns1)CCCC2. The molecule has 0 spiro atoms. The lowest BCUT2D eigenvalue weighted by atomic mass is 9.97. The molecule has 132 valence electrons. The quantitative estimate of drug-likeness (QED) is 0.841. The van der Waals surface area contributed by atoms with Gasteiger partial charge in [-0.15, -0.1) is 0 Å². The number of rotatable bonds is 4. The van der Waals surface area contributed by atoms with Crippen LogP contribution in [0.15, 0.2) is 10.9 Å². The Balaban J connectivity index is 1.38. The molecule has 1 atom stereocenters. The van der Waals surface area contributed by atoms with Gasteiger partial charge in [-0.2, -0.15) is 9.47 Å². The van der Waals surface area contributed by atoms with Gasteiger partial charge in [-0.05, 0) is 56.9 Å². The van der Waals surface area contributed by atoms with Crippen LogP contribution in [-0.4, -0.2) is 31.7 Å². The van der Waals surface area contributed by atoms with E-state index in [2.05, 4.69) is 9.27 Å². The summed E-state index contributed by atoms with van der Waals surface area (Å²) in [7, 11) is 0. The summed E-state index contributed by atoms with van der Waals surface area (Å²) in [6, 6.07) is 2.11. The lowest BCUT2D eigenvalue weighted by Gasteiger charge is -2.24. The molecule has 1 unspecified atom stereocenters. The lowest BCUT2D eigenvalue weighted by molar-refractivity contribution is 0.473. The van der Waals surface area contributed by atoms with Gasteiger partial charge in [0, 0.05) is 30.1 Å². The van der Waals surface area contributed by atoms with E-state index in [1.165, 1.54) is 37.2 Å².